The molecule has 1 amide bonds. The molecule has 6 nitrogen and oxygen atoms in total. The predicted molar refractivity (Wildman–Crippen MR) is 104 cm³/mol. The first-order valence-corrected chi connectivity index (χ1v) is 10.4. The van der Waals surface area contributed by atoms with Crippen LogP contribution >= 0.6 is 0 Å². The van der Waals surface area contributed by atoms with Gasteiger partial charge in [-0.2, -0.15) is 0 Å². The number of halogens is 2. The van der Waals surface area contributed by atoms with Gasteiger partial charge in [-0.1, -0.05) is 0 Å². The molecule has 1 atom stereocenters. The zero-order valence-electron chi connectivity index (χ0n) is 15.9. The van der Waals surface area contributed by atoms with Crippen LogP contribution in [-0.4, -0.2) is 32.7 Å². The molecule has 2 aromatic rings. The normalized spacial score (nSPS) is 12.5. The van der Waals surface area contributed by atoms with Gasteiger partial charge in [-0.15, -0.1) is 0 Å². The van der Waals surface area contributed by atoms with Gasteiger partial charge in [0.05, 0.1) is 18.0 Å². The highest BCUT2D eigenvalue weighted by Crippen LogP contribution is 2.24. The van der Waals surface area contributed by atoms with E-state index in [1.54, 1.807) is 24.3 Å². The lowest BCUT2D eigenvalue weighted by Gasteiger charge is -2.28. The molecule has 0 aromatic heterocycles. The van der Waals surface area contributed by atoms with Crippen LogP contribution in [-0.2, 0) is 14.8 Å². The molecule has 28 heavy (non-hydrogen) atoms. The molecule has 2 aromatic carbocycles. The SMILES string of the molecule is CC(C)Oc1ccc(NC(=O)C(C)N(c2ccc(F)c(F)c2)S(C)(=O)=O)cc1. The summed E-state index contributed by atoms with van der Waals surface area (Å²) >= 11 is 0. The summed E-state index contributed by atoms with van der Waals surface area (Å²) in [6.07, 6.45) is 0.885. The highest BCUT2D eigenvalue weighted by Gasteiger charge is 2.29. The summed E-state index contributed by atoms with van der Waals surface area (Å²) in [6.45, 7) is 5.12. The van der Waals surface area contributed by atoms with Gasteiger partial charge in [0, 0.05) is 11.8 Å². The van der Waals surface area contributed by atoms with Crippen LogP contribution in [0.2, 0.25) is 0 Å². The molecule has 0 aliphatic carbocycles. The van der Waals surface area contributed by atoms with Gasteiger partial charge in [-0.05, 0) is 57.2 Å². The fourth-order valence-corrected chi connectivity index (χ4v) is 3.73. The van der Waals surface area contributed by atoms with Crippen molar-refractivity contribution in [2.45, 2.75) is 32.9 Å². The van der Waals surface area contributed by atoms with E-state index in [9.17, 15) is 22.0 Å². The Kier molecular flexibility index (Phi) is 6.60. The molecule has 0 aliphatic rings. The van der Waals surface area contributed by atoms with Crippen LogP contribution in [0.4, 0.5) is 20.2 Å². The van der Waals surface area contributed by atoms with Crippen molar-refractivity contribution in [3.63, 3.8) is 0 Å². The summed E-state index contributed by atoms with van der Waals surface area (Å²) in [5, 5.41) is 2.60. The number of sulfonamides is 1. The first kappa shape index (κ1) is 21.6. The number of carbonyl (C=O) groups is 1. The smallest absolute Gasteiger partial charge is 0.247 e. The first-order chi connectivity index (χ1) is 13.0. The molecule has 1 unspecified atom stereocenters. The van der Waals surface area contributed by atoms with Crippen LogP contribution < -0.4 is 14.4 Å². The van der Waals surface area contributed by atoms with Crippen LogP contribution in [0, 0.1) is 11.6 Å². The fraction of sp³-hybridized carbons (Fsp3) is 0.316. The maximum atomic E-state index is 13.6. The lowest BCUT2D eigenvalue weighted by Crippen LogP contribution is -2.45. The van der Waals surface area contributed by atoms with E-state index in [0.29, 0.717) is 11.4 Å². The lowest BCUT2D eigenvalue weighted by atomic mass is 10.2. The Morgan fingerprint density at radius 2 is 1.64 bits per heavy atom. The Labute approximate surface area is 163 Å². The summed E-state index contributed by atoms with van der Waals surface area (Å²) < 4.78 is 57.4. The highest BCUT2D eigenvalue weighted by atomic mass is 32.2. The number of ether oxygens (including phenoxy) is 1. The molecule has 152 valence electrons. The van der Waals surface area contributed by atoms with E-state index in [1.165, 1.54) is 6.92 Å². The number of hydrogen-bond acceptors (Lipinski definition) is 4. The van der Waals surface area contributed by atoms with E-state index in [2.05, 4.69) is 5.32 Å². The Morgan fingerprint density at radius 3 is 2.14 bits per heavy atom. The second-order valence-corrected chi connectivity index (χ2v) is 8.37. The van der Waals surface area contributed by atoms with Crippen LogP contribution in [0.25, 0.3) is 0 Å². The van der Waals surface area contributed by atoms with Crippen molar-refractivity contribution >= 4 is 27.3 Å². The topological polar surface area (TPSA) is 75.7 Å². The first-order valence-electron chi connectivity index (χ1n) is 8.51. The number of carbonyl (C=O) groups excluding carboxylic acids is 1. The van der Waals surface area contributed by atoms with Gasteiger partial charge in [0.25, 0.3) is 0 Å². The molecule has 0 saturated heterocycles. The molecule has 1 N–H and O–H groups in total. The second-order valence-electron chi connectivity index (χ2n) is 6.51. The fourth-order valence-electron chi connectivity index (χ4n) is 2.57. The number of anilines is 2. The van der Waals surface area contributed by atoms with Gasteiger partial charge < -0.3 is 10.1 Å². The van der Waals surface area contributed by atoms with Crippen LogP contribution in [0.1, 0.15) is 20.8 Å². The molecule has 9 heteroatoms. The van der Waals surface area contributed by atoms with Crippen molar-refractivity contribution in [1.29, 1.82) is 0 Å². The predicted octanol–water partition coefficient (Wildman–Crippen LogP) is 3.55. The zero-order valence-corrected chi connectivity index (χ0v) is 16.8. The van der Waals surface area contributed by atoms with Crippen LogP contribution in [0.5, 0.6) is 5.75 Å². The summed E-state index contributed by atoms with van der Waals surface area (Å²) in [6, 6.07) is 8.01. The largest absolute Gasteiger partial charge is 0.491 e. The summed E-state index contributed by atoms with van der Waals surface area (Å²) in [4.78, 5) is 12.6. The van der Waals surface area contributed by atoms with Gasteiger partial charge in [-0.3, -0.25) is 9.10 Å². The van der Waals surface area contributed by atoms with Crippen molar-refractivity contribution in [2.75, 3.05) is 15.9 Å². The number of nitrogens with one attached hydrogen (secondary N) is 1. The quantitative estimate of drug-likeness (QED) is 0.755. The van der Waals surface area contributed by atoms with Gasteiger partial charge in [0.2, 0.25) is 15.9 Å². The van der Waals surface area contributed by atoms with Gasteiger partial charge in [0.1, 0.15) is 11.8 Å². The number of benzene rings is 2. The molecule has 0 radical (unpaired) electrons. The number of hydrogen-bond donors (Lipinski definition) is 1. The summed E-state index contributed by atoms with van der Waals surface area (Å²) in [5.41, 5.74) is 0.288. The van der Waals surface area contributed by atoms with Crippen molar-refractivity contribution in [3.8, 4) is 5.75 Å². The third-order valence-corrected chi connectivity index (χ3v) is 4.98. The molecule has 0 bridgehead atoms. The molecular formula is C19H22F2N2O4S. The maximum absolute atomic E-state index is 13.6. The molecule has 0 fully saturated rings. The highest BCUT2D eigenvalue weighted by molar-refractivity contribution is 7.92. The van der Waals surface area contributed by atoms with E-state index in [4.69, 9.17) is 4.74 Å². The Morgan fingerprint density at radius 1 is 1.04 bits per heavy atom. The molecule has 0 aliphatic heterocycles. The summed E-state index contributed by atoms with van der Waals surface area (Å²) in [5.74, 6) is -2.33. The van der Waals surface area contributed by atoms with E-state index in [-0.39, 0.29) is 11.8 Å². The Bertz CT molecular complexity index is 947. The van der Waals surface area contributed by atoms with Crippen molar-refractivity contribution in [2.24, 2.45) is 0 Å². The van der Waals surface area contributed by atoms with E-state index < -0.39 is 33.6 Å². The van der Waals surface area contributed by atoms with Crippen molar-refractivity contribution in [3.05, 3.63) is 54.1 Å². The maximum Gasteiger partial charge on any atom is 0.247 e. The Hall–Kier alpha value is -2.68. The average molecular weight is 412 g/mol. The number of amides is 1. The van der Waals surface area contributed by atoms with Gasteiger partial charge in [0.15, 0.2) is 11.6 Å². The third-order valence-electron chi connectivity index (χ3n) is 3.74. The minimum absolute atomic E-state index is 0.000105. The second kappa shape index (κ2) is 8.55. The molecular weight excluding hydrogens is 390 g/mol. The third kappa shape index (κ3) is 5.41. The minimum atomic E-state index is -3.94. The summed E-state index contributed by atoms with van der Waals surface area (Å²) in [7, 11) is -3.94. The molecule has 2 rings (SSSR count). The van der Waals surface area contributed by atoms with Gasteiger partial charge in [-0.25, -0.2) is 17.2 Å². The number of nitrogens with zero attached hydrogens (tertiary/aromatic N) is 1. The Balaban J connectivity index is 2.23. The van der Waals surface area contributed by atoms with E-state index in [0.717, 1.165) is 28.8 Å². The molecule has 0 spiro atoms. The number of rotatable bonds is 7. The monoisotopic (exact) mass is 412 g/mol. The van der Waals surface area contributed by atoms with Gasteiger partial charge >= 0.3 is 0 Å². The van der Waals surface area contributed by atoms with Crippen LogP contribution in [0.15, 0.2) is 42.5 Å². The standard InChI is InChI=1S/C19H22F2N2O4S/c1-12(2)27-16-8-5-14(6-9-16)22-19(24)13(3)23(28(4,25)26)15-7-10-17(20)18(21)11-15/h5-13H,1-4H3,(H,22,24). The van der Waals surface area contributed by atoms with Crippen LogP contribution in [0.3, 0.4) is 0 Å². The molecule has 0 heterocycles. The van der Waals surface area contributed by atoms with E-state index in [1.807, 2.05) is 13.8 Å². The van der Waals surface area contributed by atoms with Crippen molar-refractivity contribution < 1.29 is 26.7 Å². The molecule has 0 saturated carbocycles. The van der Waals surface area contributed by atoms with E-state index >= 15 is 0 Å². The minimum Gasteiger partial charge on any atom is -0.491 e. The zero-order chi connectivity index (χ0) is 21.1. The average Bonchev–Trinajstić information content (AvgIpc) is 2.58. The van der Waals surface area contributed by atoms with Crippen molar-refractivity contribution in [1.82, 2.24) is 0 Å². The lowest BCUT2D eigenvalue weighted by molar-refractivity contribution is -0.116.